The lowest BCUT2D eigenvalue weighted by atomic mass is 10.4. The van der Waals surface area contributed by atoms with Crippen LogP contribution < -0.4 is 5.32 Å². The molecule has 0 bridgehead atoms. The standard InChI is InChI=1S/C7H17N2/c1-4-8-6-5-7-9(2)3/h8H,1,4-7H2,2-3H3. The van der Waals surface area contributed by atoms with E-state index < -0.39 is 0 Å². The van der Waals surface area contributed by atoms with Gasteiger partial charge >= 0.3 is 0 Å². The Hall–Kier alpha value is -0.0800. The highest BCUT2D eigenvalue weighted by Crippen LogP contribution is 1.79. The first-order valence-electron chi connectivity index (χ1n) is 3.42. The maximum atomic E-state index is 3.68. The summed E-state index contributed by atoms with van der Waals surface area (Å²) in [5, 5.41) is 3.17. The van der Waals surface area contributed by atoms with Gasteiger partial charge in [0.2, 0.25) is 0 Å². The molecule has 9 heavy (non-hydrogen) atoms. The minimum atomic E-state index is 0.841. The molecule has 0 atom stereocenters. The van der Waals surface area contributed by atoms with Gasteiger partial charge in [-0.1, -0.05) is 0 Å². The summed E-state index contributed by atoms with van der Waals surface area (Å²) in [6.45, 7) is 6.76. The number of nitrogens with one attached hydrogen (secondary N) is 1. The zero-order chi connectivity index (χ0) is 7.11. The highest BCUT2D eigenvalue weighted by Gasteiger charge is 1.87. The van der Waals surface area contributed by atoms with E-state index in [1.54, 1.807) is 0 Å². The summed E-state index contributed by atoms with van der Waals surface area (Å²) >= 11 is 0. The van der Waals surface area contributed by atoms with Crippen molar-refractivity contribution in [3.63, 3.8) is 0 Å². The molecule has 0 rings (SSSR count). The molecule has 0 aromatic carbocycles. The number of rotatable bonds is 5. The zero-order valence-electron chi connectivity index (χ0n) is 6.48. The van der Waals surface area contributed by atoms with Gasteiger partial charge in [0.1, 0.15) is 0 Å². The van der Waals surface area contributed by atoms with Gasteiger partial charge < -0.3 is 10.2 Å². The van der Waals surface area contributed by atoms with Crippen LogP contribution in [0.1, 0.15) is 6.42 Å². The molecule has 0 aromatic rings. The first-order chi connectivity index (χ1) is 4.27. The van der Waals surface area contributed by atoms with Gasteiger partial charge in [-0.15, -0.1) is 0 Å². The smallest absolute Gasteiger partial charge is 0.00127 e. The van der Waals surface area contributed by atoms with Crippen LogP contribution in [0.4, 0.5) is 0 Å². The lowest BCUT2D eigenvalue weighted by Gasteiger charge is -2.08. The summed E-state index contributed by atoms with van der Waals surface area (Å²) in [5.41, 5.74) is 0. The molecule has 1 N–H and O–H groups in total. The van der Waals surface area contributed by atoms with E-state index in [4.69, 9.17) is 0 Å². The van der Waals surface area contributed by atoms with Crippen molar-refractivity contribution in [3.8, 4) is 0 Å². The fourth-order valence-corrected chi connectivity index (χ4v) is 0.645. The van der Waals surface area contributed by atoms with Gasteiger partial charge in [-0.25, -0.2) is 0 Å². The van der Waals surface area contributed by atoms with E-state index in [-0.39, 0.29) is 0 Å². The maximum absolute atomic E-state index is 3.68. The molecule has 0 saturated carbocycles. The third kappa shape index (κ3) is 7.92. The Bertz CT molecular complexity index is 52.9. The molecule has 2 nitrogen and oxygen atoms in total. The second-order valence-electron chi connectivity index (χ2n) is 2.41. The molecule has 0 aliphatic heterocycles. The van der Waals surface area contributed by atoms with E-state index in [1.807, 2.05) is 0 Å². The van der Waals surface area contributed by atoms with Crippen molar-refractivity contribution < 1.29 is 0 Å². The second kappa shape index (κ2) is 6.05. The monoisotopic (exact) mass is 129 g/mol. The van der Waals surface area contributed by atoms with Gasteiger partial charge in [0.05, 0.1) is 0 Å². The third-order valence-corrected chi connectivity index (χ3v) is 1.14. The van der Waals surface area contributed by atoms with Crippen LogP contribution in [0, 0.1) is 6.92 Å². The van der Waals surface area contributed by atoms with E-state index in [2.05, 4.69) is 31.2 Å². The predicted octanol–water partition coefficient (Wildman–Crippen LogP) is 0.362. The Morgan fingerprint density at radius 3 is 2.56 bits per heavy atom. The molecule has 1 radical (unpaired) electrons. The molecule has 0 aliphatic carbocycles. The van der Waals surface area contributed by atoms with E-state index in [0.717, 1.165) is 19.6 Å². The topological polar surface area (TPSA) is 15.3 Å². The first-order valence-corrected chi connectivity index (χ1v) is 3.42. The highest BCUT2D eigenvalue weighted by molar-refractivity contribution is 4.50. The Labute approximate surface area is 58.2 Å². The maximum Gasteiger partial charge on any atom is -0.00127 e. The van der Waals surface area contributed by atoms with Crippen molar-refractivity contribution in [2.45, 2.75) is 6.42 Å². The number of hydrogen-bond acceptors (Lipinski definition) is 2. The fourth-order valence-electron chi connectivity index (χ4n) is 0.645. The van der Waals surface area contributed by atoms with Crippen LogP contribution in [0.3, 0.4) is 0 Å². The van der Waals surface area contributed by atoms with Gasteiger partial charge in [0, 0.05) is 0 Å². The van der Waals surface area contributed by atoms with Gasteiger partial charge in [0.25, 0.3) is 0 Å². The number of hydrogen-bond donors (Lipinski definition) is 1. The summed E-state index contributed by atoms with van der Waals surface area (Å²) in [6, 6.07) is 0. The molecule has 0 spiro atoms. The van der Waals surface area contributed by atoms with Crippen molar-refractivity contribution in [3.05, 3.63) is 6.92 Å². The molecule has 0 unspecified atom stereocenters. The molecule has 55 valence electrons. The lowest BCUT2D eigenvalue weighted by molar-refractivity contribution is 0.396. The van der Waals surface area contributed by atoms with Crippen LogP contribution in [0.5, 0.6) is 0 Å². The van der Waals surface area contributed by atoms with Crippen LogP contribution >= 0.6 is 0 Å². The van der Waals surface area contributed by atoms with Crippen LogP contribution in [0.2, 0.25) is 0 Å². The van der Waals surface area contributed by atoms with Crippen LogP contribution in [0.15, 0.2) is 0 Å². The molecule has 0 heterocycles. The van der Waals surface area contributed by atoms with Gasteiger partial charge in [-0.05, 0) is 47.1 Å². The summed E-state index contributed by atoms with van der Waals surface area (Å²) in [7, 11) is 4.17. The molecular weight excluding hydrogens is 112 g/mol. The van der Waals surface area contributed by atoms with Crippen LogP contribution in [-0.4, -0.2) is 38.6 Å². The van der Waals surface area contributed by atoms with E-state index in [0.29, 0.717) is 0 Å². The largest absolute Gasteiger partial charge is 0.317 e. The average Bonchev–Trinajstić information content (AvgIpc) is 1.80. The highest BCUT2D eigenvalue weighted by atomic mass is 15.0. The summed E-state index contributed by atoms with van der Waals surface area (Å²) in [6.07, 6.45) is 1.21. The zero-order valence-corrected chi connectivity index (χ0v) is 6.48. The van der Waals surface area contributed by atoms with Crippen molar-refractivity contribution in [1.82, 2.24) is 10.2 Å². The Morgan fingerprint density at radius 1 is 1.44 bits per heavy atom. The Kier molecular flexibility index (Phi) is 5.99. The van der Waals surface area contributed by atoms with Gasteiger partial charge in [-0.2, -0.15) is 0 Å². The SMILES string of the molecule is [CH2]CNCCCN(C)C. The molecule has 0 aromatic heterocycles. The molecular formula is C7H17N2. The fraction of sp³-hybridized carbons (Fsp3) is 0.857. The molecule has 2 heteroatoms. The minimum absolute atomic E-state index is 0.841. The van der Waals surface area contributed by atoms with Crippen molar-refractivity contribution in [2.24, 2.45) is 0 Å². The molecule has 0 amide bonds. The summed E-state index contributed by atoms with van der Waals surface area (Å²) in [4.78, 5) is 2.19. The Morgan fingerprint density at radius 2 is 2.11 bits per heavy atom. The van der Waals surface area contributed by atoms with Gasteiger partial charge in [-0.3, -0.25) is 0 Å². The number of nitrogens with zero attached hydrogens (tertiary/aromatic N) is 1. The summed E-state index contributed by atoms with van der Waals surface area (Å²) < 4.78 is 0. The Balaban J connectivity index is 2.75. The van der Waals surface area contributed by atoms with Gasteiger partial charge in [0.15, 0.2) is 0 Å². The van der Waals surface area contributed by atoms with Crippen LogP contribution in [-0.2, 0) is 0 Å². The normalized spacial score (nSPS) is 10.7. The third-order valence-electron chi connectivity index (χ3n) is 1.14. The average molecular weight is 129 g/mol. The predicted molar refractivity (Wildman–Crippen MR) is 41.4 cm³/mol. The van der Waals surface area contributed by atoms with Crippen molar-refractivity contribution in [1.29, 1.82) is 0 Å². The second-order valence-corrected chi connectivity index (χ2v) is 2.41. The van der Waals surface area contributed by atoms with E-state index in [9.17, 15) is 0 Å². The quantitative estimate of drug-likeness (QED) is 0.539. The molecule has 0 saturated heterocycles. The van der Waals surface area contributed by atoms with Crippen molar-refractivity contribution in [2.75, 3.05) is 33.7 Å². The first kappa shape index (κ1) is 8.92. The molecule has 0 aliphatic rings. The lowest BCUT2D eigenvalue weighted by Crippen LogP contribution is -2.20. The van der Waals surface area contributed by atoms with E-state index in [1.165, 1.54) is 6.42 Å². The van der Waals surface area contributed by atoms with Crippen molar-refractivity contribution >= 4 is 0 Å². The van der Waals surface area contributed by atoms with E-state index >= 15 is 0 Å². The minimum Gasteiger partial charge on any atom is -0.317 e. The molecule has 0 fully saturated rings. The van der Waals surface area contributed by atoms with Crippen LogP contribution in [0.25, 0.3) is 0 Å². The summed E-state index contributed by atoms with van der Waals surface area (Å²) in [5.74, 6) is 0.